The van der Waals surface area contributed by atoms with E-state index in [1.807, 2.05) is 0 Å². The van der Waals surface area contributed by atoms with Gasteiger partial charge in [-0.25, -0.2) is 22.5 Å². The van der Waals surface area contributed by atoms with E-state index in [9.17, 15) is 27.6 Å². The van der Waals surface area contributed by atoms with Gasteiger partial charge in [0, 0.05) is 6.07 Å². The van der Waals surface area contributed by atoms with Crippen LogP contribution in [0.3, 0.4) is 0 Å². The number of benzene rings is 2. The monoisotopic (exact) mass is 445 g/mol. The maximum Gasteiger partial charge on any atom is 0.336 e. The summed E-state index contributed by atoms with van der Waals surface area (Å²) in [4.78, 5) is 38.6. The van der Waals surface area contributed by atoms with E-state index in [0.29, 0.717) is 5.56 Å². The molecule has 1 amide bonds. The molecule has 1 N–H and O–H groups in total. The van der Waals surface area contributed by atoms with Crippen molar-refractivity contribution in [3.8, 4) is 5.69 Å². The highest BCUT2D eigenvalue weighted by molar-refractivity contribution is 7.17. The molecule has 0 spiro atoms. The number of aromatic nitrogens is 2. The fourth-order valence-corrected chi connectivity index (χ4v) is 4.07. The van der Waals surface area contributed by atoms with E-state index in [1.165, 1.54) is 18.2 Å². The van der Waals surface area contributed by atoms with Gasteiger partial charge in [-0.05, 0) is 54.3 Å². The van der Waals surface area contributed by atoms with Crippen LogP contribution in [0, 0.1) is 24.4 Å². The van der Waals surface area contributed by atoms with E-state index >= 15 is 0 Å². The van der Waals surface area contributed by atoms with Crippen molar-refractivity contribution in [3.05, 3.63) is 91.7 Å². The van der Waals surface area contributed by atoms with Crippen LogP contribution in [0.15, 0.2) is 57.4 Å². The predicted molar refractivity (Wildman–Crippen MR) is 111 cm³/mol. The number of aryl methyl sites for hydroxylation is 1. The lowest BCUT2D eigenvalue weighted by Gasteiger charge is -2.14. The molecule has 4 rings (SSSR count). The Balaban J connectivity index is 1.82. The molecular weight excluding hydrogens is 431 g/mol. The van der Waals surface area contributed by atoms with Crippen molar-refractivity contribution in [3.63, 3.8) is 0 Å². The summed E-state index contributed by atoms with van der Waals surface area (Å²) < 4.78 is 42.9. The molecule has 0 aliphatic carbocycles. The van der Waals surface area contributed by atoms with Crippen molar-refractivity contribution in [1.82, 2.24) is 9.13 Å². The highest BCUT2D eigenvalue weighted by atomic mass is 32.1. The first-order valence-corrected chi connectivity index (χ1v) is 9.88. The van der Waals surface area contributed by atoms with Crippen LogP contribution >= 0.6 is 11.3 Å². The highest BCUT2D eigenvalue weighted by Gasteiger charge is 2.19. The molecule has 0 radical (unpaired) electrons. The zero-order valence-corrected chi connectivity index (χ0v) is 16.8. The molecule has 0 fully saturated rings. The van der Waals surface area contributed by atoms with Gasteiger partial charge >= 0.3 is 5.69 Å². The second kappa shape index (κ2) is 7.88. The lowest BCUT2D eigenvalue weighted by atomic mass is 10.2. The Bertz CT molecular complexity index is 1460. The third-order valence-electron chi connectivity index (χ3n) is 4.66. The molecule has 2 aromatic carbocycles. The molecule has 0 atom stereocenters. The summed E-state index contributed by atoms with van der Waals surface area (Å²) >= 11 is 1.08. The van der Waals surface area contributed by atoms with Crippen molar-refractivity contribution in [2.24, 2.45) is 0 Å². The van der Waals surface area contributed by atoms with Gasteiger partial charge in [-0.1, -0.05) is 0 Å². The number of rotatable bonds is 4. The zero-order valence-electron chi connectivity index (χ0n) is 16.0. The topological polar surface area (TPSA) is 73.1 Å². The minimum Gasteiger partial charge on any atom is -0.322 e. The summed E-state index contributed by atoms with van der Waals surface area (Å²) in [6, 6.07) is 7.72. The Morgan fingerprint density at radius 1 is 1.03 bits per heavy atom. The van der Waals surface area contributed by atoms with Gasteiger partial charge in [-0.15, -0.1) is 11.3 Å². The first-order chi connectivity index (χ1) is 14.8. The number of nitrogens with one attached hydrogen (secondary N) is 1. The van der Waals surface area contributed by atoms with Crippen molar-refractivity contribution in [1.29, 1.82) is 0 Å². The number of nitrogens with zero attached hydrogens (tertiary/aromatic N) is 2. The van der Waals surface area contributed by atoms with E-state index in [1.54, 1.807) is 12.3 Å². The zero-order chi connectivity index (χ0) is 22.3. The number of carbonyl (C=O) groups excluding carboxylic acids is 1. The number of thiophene rings is 1. The van der Waals surface area contributed by atoms with Crippen molar-refractivity contribution < 1.29 is 18.0 Å². The standard InChI is InChI=1S/C21H14F3N3O3S/c1-11-8-12(22)3-5-16(11)27-20(29)19-17(6-7-31-19)26(21(27)30)10-18(28)25-15-9-13(23)2-4-14(15)24/h2-9H,10H2,1H3,(H,25,28). The Kier molecular flexibility index (Phi) is 5.24. The van der Waals surface area contributed by atoms with Gasteiger partial charge in [0.05, 0.1) is 16.9 Å². The Morgan fingerprint density at radius 2 is 1.74 bits per heavy atom. The van der Waals surface area contributed by atoms with Crippen LogP contribution in [0.25, 0.3) is 15.9 Å². The van der Waals surface area contributed by atoms with E-state index < -0.39 is 41.2 Å². The van der Waals surface area contributed by atoms with E-state index in [2.05, 4.69) is 5.32 Å². The number of halogens is 3. The maximum atomic E-state index is 13.8. The number of fused-ring (bicyclic) bond motifs is 1. The van der Waals surface area contributed by atoms with Gasteiger partial charge in [0.25, 0.3) is 5.56 Å². The molecule has 0 saturated carbocycles. The number of hydrogen-bond donors (Lipinski definition) is 1. The van der Waals surface area contributed by atoms with Crippen LogP contribution in [0.2, 0.25) is 0 Å². The van der Waals surface area contributed by atoms with Crippen molar-refractivity contribution in [2.45, 2.75) is 13.5 Å². The highest BCUT2D eigenvalue weighted by Crippen LogP contribution is 2.19. The average molecular weight is 445 g/mol. The van der Waals surface area contributed by atoms with Crippen molar-refractivity contribution in [2.75, 3.05) is 5.32 Å². The Morgan fingerprint density at radius 3 is 2.48 bits per heavy atom. The fraction of sp³-hybridized carbons (Fsp3) is 0.0952. The summed E-state index contributed by atoms with van der Waals surface area (Å²) in [5.74, 6) is -2.90. The van der Waals surface area contributed by atoms with Gasteiger partial charge in [0.2, 0.25) is 5.91 Å². The Labute approximate surface area is 176 Å². The first kappa shape index (κ1) is 20.6. The summed E-state index contributed by atoms with van der Waals surface area (Å²) in [7, 11) is 0. The second-order valence-corrected chi connectivity index (χ2v) is 7.66. The molecule has 0 aliphatic rings. The summed E-state index contributed by atoms with van der Waals surface area (Å²) in [5.41, 5.74) is -1.03. The lowest BCUT2D eigenvalue weighted by Crippen LogP contribution is -2.40. The first-order valence-electron chi connectivity index (χ1n) is 9.01. The third kappa shape index (κ3) is 3.77. The van der Waals surface area contributed by atoms with Gasteiger partial charge in [0.1, 0.15) is 28.7 Å². The number of anilines is 1. The van der Waals surface area contributed by atoms with E-state index in [4.69, 9.17) is 0 Å². The molecule has 2 heterocycles. The molecule has 6 nitrogen and oxygen atoms in total. The smallest absolute Gasteiger partial charge is 0.322 e. The van der Waals surface area contributed by atoms with Crippen molar-refractivity contribution >= 4 is 33.1 Å². The Hall–Kier alpha value is -3.66. The number of hydrogen-bond acceptors (Lipinski definition) is 4. The molecule has 0 unspecified atom stereocenters. The van der Waals surface area contributed by atoms with Crippen LogP contribution in [-0.2, 0) is 11.3 Å². The molecule has 2 aromatic heterocycles. The van der Waals surface area contributed by atoms with Gasteiger partial charge in [-0.3, -0.25) is 14.2 Å². The third-order valence-corrected chi connectivity index (χ3v) is 5.55. The molecule has 0 bridgehead atoms. The van der Waals surface area contributed by atoms with E-state index in [-0.39, 0.29) is 21.6 Å². The van der Waals surface area contributed by atoms with Gasteiger partial charge < -0.3 is 5.32 Å². The normalized spacial score (nSPS) is 11.1. The number of amides is 1. The molecular formula is C21H14F3N3O3S. The molecule has 31 heavy (non-hydrogen) atoms. The second-order valence-electron chi connectivity index (χ2n) is 6.75. The van der Waals surface area contributed by atoms with Crippen LogP contribution in [-0.4, -0.2) is 15.0 Å². The minimum absolute atomic E-state index is 0.178. The quantitative estimate of drug-likeness (QED) is 0.522. The van der Waals surface area contributed by atoms with E-state index in [0.717, 1.165) is 44.7 Å². The molecule has 0 aliphatic heterocycles. The SMILES string of the molecule is Cc1cc(F)ccc1-n1c(=O)c2sccc2n(CC(=O)Nc2cc(F)ccc2F)c1=O. The van der Waals surface area contributed by atoms with Crippen LogP contribution in [0.5, 0.6) is 0 Å². The predicted octanol–water partition coefficient (Wildman–Crippen LogP) is 3.58. The largest absolute Gasteiger partial charge is 0.336 e. The van der Waals surface area contributed by atoms with Crippen LogP contribution in [0.4, 0.5) is 18.9 Å². The average Bonchev–Trinajstić information content (AvgIpc) is 3.20. The lowest BCUT2D eigenvalue weighted by molar-refractivity contribution is -0.116. The minimum atomic E-state index is -0.838. The van der Waals surface area contributed by atoms with Crippen LogP contribution in [0.1, 0.15) is 5.56 Å². The molecule has 158 valence electrons. The molecule has 0 saturated heterocycles. The summed E-state index contributed by atoms with van der Waals surface area (Å²) in [6.45, 7) is 0.995. The molecule has 4 aromatic rings. The fourth-order valence-electron chi connectivity index (χ4n) is 3.25. The maximum absolute atomic E-state index is 13.8. The van der Waals surface area contributed by atoms with Gasteiger partial charge in [-0.2, -0.15) is 0 Å². The van der Waals surface area contributed by atoms with Crippen LogP contribution < -0.4 is 16.6 Å². The molecule has 10 heteroatoms. The summed E-state index contributed by atoms with van der Waals surface area (Å²) in [5, 5.41) is 3.82. The van der Waals surface area contributed by atoms with Gasteiger partial charge in [0.15, 0.2) is 0 Å². The summed E-state index contributed by atoms with van der Waals surface area (Å²) in [6.07, 6.45) is 0. The number of carbonyl (C=O) groups is 1.